The molecule has 21 heavy (non-hydrogen) atoms. The predicted octanol–water partition coefficient (Wildman–Crippen LogP) is 4.04. The molecular weight excluding hydrogens is 286 g/mol. The Hall–Kier alpha value is -2.33. The molecule has 0 fully saturated rings. The van der Waals surface area contributed by atoms with Gasteiger partial charge in [0.25, 0.3) is 5.89 Å². The normalized spacial score (nSPS) is 10.5. The van der Waals surface area contributed by atoms with Gasteiger partial charge in [-0.15, -0.1) is 0 Å². The number of aromatic nitrogens is 2. The Morgan fingerprint density at radius 1 is 1.00 bits per heavy atom. The Morgan fingerprint density at radius 3 is 2.52 bits per heavy atom. The molecule has 1 aromatic heterocycles. The molecule has 0 aliphatic heterocycles. The van der Waals surface area contributed by atoms with Gasteiger partial charge in [-0.25, -0.2) is 0 Å². The monoisotopic (exact) mass is 299 g/mol. The first-order valence-electron chi connectivity index (χ1n) is 6.69. The molecule has 4 nitrogen and oxygen atoms in total. The lowest BCUT2D eigenvalue weighted by molar-refractivity contribution is 0.423. The number of rotatable bonds is 5. The van der Waals surface area contributed by atoms with Crippen LogP contribution in [0.2, 0.25) is 5.02 Å². The maximum absolute atomic E-state index is 5.86. The maximum atomic E-state index is 5.86. The molecule has 106 valence electrons. The first-order chi connectivity index (χ1) is 10.3. The molecule has 0 saturated carbocycles. The van der Waals surface area contributed by atoms with Crippen molar-refractivity contribution in [1.82, 2.24) is 10.1 Å². The van der Waals surface area contributed by atoms with E-state index in [4.69, 9.17) is 16.1 Å². The highest BCUT2D eigenvalue weighted by Crippen LogP contribution is 2.19. The van der Waals surface area contributed by atoms with Crippen LogP contribution in [0.4, 0.5) is 5.69 Å². The molecule has 0 aliphatic rings. The SMILES string of the molecule is Clc1ccc(-c2nc(CCNc3ccccc3)no2)cc1. The molecule has 1 N–H and O–H groups in total. The van der Waals surface area contributed by atoms with Gasteiger partial charge < -0.3 is 9.84 Å². The Labute approximate surface area is 127 Å². The van der Waals surface area contributed by atoms with Crippen LogP contribution in [0.15, 0.2) is 59.1 Å². The number of hydrogen-bond donors (Lipinski definition) is 1. The fraction of sp³-hybridized carbons (Fsp3) is 0.125. The van der Waals surface area contributed by atoms with Gasteiger partial charge in [0.05, 0.1) is 0 Å². The molecule has 0 saturated heterocycles. The molecule has 3 rings (SSSR count). The number of nitrogens with zero attached hydrogens (tertiary/aromatic N) is 2. The molecule has 1 heterocycles. The minimum Gasteiger partial charge on any atom is -0.385 e. The van der Waals surface area contributed by atoms with Crippen LogP contribution in [0.25, 0.3) is 11.5 Å². The van der Waals surface area contributed by atoms with Gasteiger partial charge in [0.1, 0.15) is 0 Å². The summed E-state index contributed by atoms with van der Waals surface area (Å²) in [5.74, 6) is 1.20. The van der Waals surface area contributed by atoms with Crippen molar-refractivity contribution >= 4 is 17.3 Å². The van der Waals surface area contributed by atoms with E-state index in [2.05, 4.69) is 15.5 Å². The largest absolute Gasteiger partial charge is 0.385 e. The van der Waals surface area contributed by atoms with Crippen molar-refractivity contribution in [3.8, 4) is 11.5 Å². The second-order valence-corrected chi connectivity index (χ2v) is 5.00. The quantitative estimate of drug-likeness (QED) is 0.772. The molecule has 3 aromatic rings. The van der Waals surface area contributed by atoms with Crippen LogP contribution in [0.5, 0.6) is 0 Å². The molecule has 0 bridgehead atoms. The van der Waals surface area contributed by atoms with Gasteiger partial charge in [-0.2, -0.15) is 4.98 Å². The summed E-state index contributed by atoms with van der Waals surface area (Å²) in [5, 5.41) is 7.98. The lowest BCUT2D eigenvalue weighted by Gasteiger charge is -2.03. The summed E-state index contributed by atoms with van der Waals surface area (Å²) in [5.41, 5.74) is 1.95. The standard InChI is InChI=1S/C16H14ClN3O/c17-13-8-6-12(7-9-13)16-19-15(20-21-16)10-11-18-14-4-2-1-3-5-14/h1-9,18H,10-11H2. The first-order valence-corrected chi connectivity index (χ1v) is 7.06. The van der Waals surface area contributed by atoms with Crippen molar-refractivity contribution in [3.05, 3.63) is 65.4 Å². The second-order valence-electron chi connectivity index (χ2n) is 4.57. The van der Waals surface area contributed by atoms with E-state index in [1.807, 2.05) is 42.5 Å². The molecule has 2 aromatic carbocycles. The average molecular weight is 300 g/mol. The third kappa shape index (κ3) is 3.61. The van der Waals surface area contributed by atoms with E-state index in [1.54, 1.807) is 12.1 Å². The average Bonchev–Trinajstić information content (AvgIpc) is 2.98. The summed E-state index contributed by atoms with van der Waals surface area (Å²) < 4.78 is 5.26. The highest BCUT2D eigenvalue weighted by molar-refractivity contribution is 6.30. The van der Waals surface area contributed by atoms with Crippen LogP contribution in [-0.2, 0) is 6.42 Å². The molecule has 0 spiro atoms. The van der Waals surface area contributed by atoms with Crippen LogP contribution in [0.3, 0.4) is 0 Å². The maximum Gasteiger partial charge on any atom is 0.257 e. The van der Waals surface area contributed by atoms with E-state index in [0.29, 0.717) is 23.2 Å². The zero-order chi connectivity index (χ0) is 14.5. The number of para-hydroxylation sites is 1. The molecule has 0 aliphatic carbocycles. The van der Waals surface area contributed by atoms with Crippen molar-refractivity contribution in [3.63, 3.8) is 0 Å². The fourth-order valence-corrected chi connectivity index (χ4v) is 2.07. The minimum absolute atomic E-state index is 0.515. The Bertz CT molecular complexity index is 695. The molecular formula is C16H14ClN3O. The Balaban J connectivity index is 1.59. The molecule has 0 radical (unpaired) electrons. The van der Waals surface area contributed by atoms with Gasteiger partial charge >= 0.3 is 0 Å². The van der Waals surface area contributed by atoms with Gasteiger partial charge in [-0.1, -0.05) is 35.0 Å². The van der Waals surface area contributed by atoms with Gasteiger partial charge in [0.2, 0.25) is 0 Å². The summed E-state index contributed by atoms with van der Waals surface area (Å²) in [7, 11) is 0. The third-order valence-corrected chi connectivity index (χ3v) is 3.26. The smallest absolute Gasteiger partial charge is 0.257 e. The van der Waals surface area contributed by atoms with Gasteiger partial charge in [0, 0.05) is 29.2 Å². The van der Waals surface area contributed by atoms with Crippen LogP contribution >= 0.6 is 11.6 Å². The van der Waals surface area contributed by atoms with E-state index < -0.39 is 0 Å². The van der Waals surface area contributed by atoms with Gasteiger partial charge in [-0.3, -0.25) is 0 Å². The fourth-order valence-electron chi connectivity index (χ4n) is 1.94. The van der Waals surface area contributed by atoms with E-state index in [1.165, 1.54) is 0 Å². The number of benzene rings is 2. The molecule has 0 unspecified atom stereocenters. The number of halogens is 1. The Morgan fingerprint density at radius 2 is 1.76 bits per heavy atom. The second kappa shape index (κ2) is 6.41. The number of nitrogens with one attached hydrogen (secondary N) is 1. The number of hydrogen-bond acceptors (Lipinski definition) is 4. The van der Waals surface area contributed by atoms with Gasteiger partial charge in [-0.05, 0) is 36.4 Å². The highest BCUT2D eigenvalue weighted by atomic mass is 35.5. The summed E-state index contributed by atoms with van der Waals surface area (Å²) in [4.78, 5) is 4.38. The van der Waals surface area contributed by atoms with E-state index in [-0.39, 0.29) is 0 Å². The van der Waals surface area contributed by atoms with Crippen molar-refractivity contribution < 1.29 is 4.52 Å². The van der Waals surface area contributed by atoms with E-state index >= 15 is 0 Å². The molecule has 0 atom stereocenters. The van der Waals surface area contributed by atoms with Crippen LogP contribution in [-0.4, -0.2) is 16.7 Å². The topological polar surface area (TPSA) is 51.0 Å². The lowest BCUT2D eigenvalue weighted by Crippen LogP contribution is -2.05. The van der Waals surface area contributed by atoms with Crippen molar-refractivity contribution in [2.24, 2.45) is 0 Å². The zero-order valence-electron chi connectivity index (χ0n) is 11.3. The lowest BCUT2D eigenvalue weighted by atomic mass is 10.2. The van der Waals surface area contributed by atoms with E-state index in [9.17, 15) is 0 Å². The minimum atomic E-state index is 0.515. The summed E-state index contributed by atoms with van der Waals surface area (Å²) in [6.07, 6.45) is 0.700. The summed E-state index contributed by atoms with van der Waals surface area (Å²) in [6, 6.07) is 17.4. The molecule has 5 heteroatoms. The number of anilines is 1. The van der Waals surface area contributed by atoms with Crippen LogP contribution in [0, 0.1) is 0 Å². The van der Waals surface area contributed by atoms with Crippen molar-refractivity contribution in [1.29, 1.82) is 0 Å². The third-order valence-electron chi connectivity index (χ3n) is 3.01. The first kappa shape index (κ1) is 13.6. The molecule has 0 amide bonds. The summed E-state index contributed by atoms with van der Waals surface area (Å²) in [6.45, 7) is 0.754. The van der Waals surface area contributed by atoms with Gasteiger partial charge in [0.15, 0.2) is 5.82 Å². The summed E-state index contributed by atoms with van der Waals surface area (Å²) >= 11 is 5.86. The van der Waals surface area contributed by atoms with Crippen molar-refractivity contribution in [2.45, 2.75) is 6.42 Å². The Kier molecular flexibility index (Phi) is 4.17. The van der Waals surface area contributed by atoms with Crippen LogP contribution in [0.1, 0.15) is 5.82 Å². The predicted molar refractivity (Wildman–Crippen MR) is 83.4 cm³/mol. The van der Waals surface area contributed by atoms with E-state index in [0.717, 1.165) is 17.8 Å². The van der Waals surface area contributed by atoms with Crippen molar-refractivity contribution in [2.75, 3.05) is 11.9 Å². The highest BCUT2D eigenvalue weighted by Gasteiger charge is 2.08. The van der Waals surface area contributed by atoms with Crippen LogP contribution < -0.4 is 5.32 Å². The zero-order valence-corrected chi connectivity index (χ0v) is 12.0.